The summed E-state index contributed by atoms with van der Waals surface area (Å²) >= 11 is 0. The second-order valence-electron chi connectivity index (χ2n) is 4.81. The van der Waals surface area contributed by atoms with Gasteiger partial charge >= 0.3 is 0 Å². The lowest BCUT2D eigenvalue weighted by molar-refractivity contribution is 0.376. The van der Waals surface area contributed by atoms with Crippen LogP contribution in [0.1, 0.15) is 18.4 Å². The van der Waals surface area contributed by atoms with Crippen LogP contribution in [0.25, 0.3) is 0 Å². The molecule has 1 fully saturated rings. The third kappa shape index (κ3) is 5.91. The van der Waals surface area contributed by atoms with E-state index in [9.17, 15) is 8.42 Å². The molecule has 6 heteroatoms. The average Bonchev–Trinajstić information content (AvgIpc) is 2.38. The lowest BCUT2D eigenvalue weighted by Crippen LogP contribution is -2.38. The molecule has 1 atom stereocenters. The van der Waals surface area contributed by atoms with Gasteiger partial charge in [0, 0.05) is 6.54 Å². The van der Waals surface area contributed by atoms with E-state index < -0.39 is 10.0 Å². The number of hydrogen-bond donors (Lipinski definition) is 2. The molecule has 1 aromatic rings. The number of halogens is 1. The minimum atomic E-state index is -3.21. The average molecular weight is 305 g/mol. The predicted molar refractivity (Wildman–Crippen MR) is 79.9 cm³/mol. The molecular formula is C13H21ClN2O2S. The molecule has 1 aliphatic rings. The number of benzene rings is 1. The number of sulfonamides is 1. The molecule has 1 heterocycles. The lowest BCUT2D eigenvalue weighted by atomic mass is 10.0. The first-order valence-corrected chi connectivity index (χ1v) is 8.03. The van der Waals surface area contributed by atoms with Crippen LogP contribution < -0.4 is 10.0 Å². The second-order valence-corrected chi connectivity index (χ2v) is 6.61. The highest BCUT2D eigenvalue weighted by molar-refractivity contribution is 7.88. The summed E-state index contributed by atoms with van der Waals surface area (Å²) < 4.78 is 26.5. The smallest absolute Gasteiger partial charge is 0.215 e. The zero-order valence-electron chi connectivity index (χ0n) is 10.8. The second kappa shape index (κ2) is 7.85. The van der Waals surface area contributed by atoms with Crippen LogP contribution in [-0.4, -0.2) is 28.1 Å². The van der Waals surface area contributed by atoms with Gasteiger partial charge < -0.3 is 5.32 Å². The number of nitrogens with one attached hydrogen (secondary N) is 2. The fourth-order valence-electron chi connectivity index (χ4n) is 2.19. The first-order valence-electron chi connectivity index (χ1n) is 6.38. The van der Waals surface area contributed by atoms with Crippen LogP contribution in [0.2, 0.25) is 0 Å². The Hall–Kier alpha value is -0.620. The minimum absolute atomic E-state index is 0. The number of rotatable bonds is 5. The van der Waals surface area contributed by atoms with Crippen LogP contribution >= 0.6 is 12.4 Å². The molecule has 0 bridgehead atoms. The third-order valence-corrected chi connectivity index (χ3v) is 4.51. The first-order chi connectivity index (χ1) is 8.66. The Bertz CT molecular complexity index is 459. The molecule has 0 aromatic heterocycles. The monoisotopic (exact) mass is 304 g/mol. The Morgan fingerprint density at radius 3 is 2.63 bits per heavy atom. The SMILES string of the molecule is Cl.O=S(=O)(Cc1ccccc1)NCC1CCCNC1. The van der Waals surface area contributed by atoms with Gasteiger partial charge in [0.1, 0.15) is 0 Å². The maximum absolute atomic E-state index is 11.9. The summed E-state index contributed by atoms with van der Waals surface area (Å²) in [7, 11) is -3.21. The largest absolute Gasteiger partial charge is 0.316 e. The van der Waals surface area contributed by atoms with Gasteiger partial charge in [-0.05, 0) is 37.4 Å². The van der Waals surface area contributed by atoms with Crippen molar-refractivity contribution in [3.05, 3.63) is 35.9 Å². The highest BCUT2D eigenvalue weighted by Crippen LogP contribution is 2.10. The van der Waals surface area contributed by atoms with E-state index in [1.165, 1.54) is 0 Å². The molecule has 1 aliphatic heterocycles. The topological polar surface area (TPSA) is 58.2 Å². The van der Waals surface area contributed by atoms with Crippen LogP contribution in [0.4, 0.5) is 0 Å². The molecule has 0 radical (unpaired) electrons. The van der Waals surface area contributed by atoms with Crippen molar-refractivity contribution in [2.24, 2.45) is 5.92 Å². The molecule has 2 rings (SSSR count). The van der Waals surface area contributed by atoms with Crippen molar-refractivity contribution >= 4 is 22.4 Å². The summed E-state index contributed by atoms with van der Waals surface area (Å²) in [5.74, 6) is 0.484. The van der Waals surface area contributed by atoms with Crippen molar-refractivity contribution in [2.45, 2.75) is 18.6 Å². The third-order valence-electron chi connectivity index (χ3n) is 3.19. The Morgan fingerprint density at radius 2 is 2.00 bits per heavy atom. The molecule has 1 saturated heterocycles. The standard InChI is InChI=1S/C13H20N2O2S.ClH/c16-18(17,11-12-5-2-1-3-6-12)15-10-13-7-4-8-14-9-13;/h1-3,5-6,13-15H,4,7-11H2;1H. The van der Waals surface area contributed by atoms with Crippen LogP contribution in [0.5, 0.6) is 0 Å². The van der Waals surface area contributed by atoms with Gasteiger partial charge in [-0.25, -0.2) is 13.1 Å². The molecule has 1 aromatic carbocycles. The Labute approximate surface area is 121 Å². The normalized spacial score (nSPS) is 19.7. The van der Waals surface area contributed by atoms with Crippen molar-refractivity contribution in [3.63, 3.8) is 0 Å². The molecule has 1 unspecified atom stereocenters. The van der Waals surface area contributed by atoms with Gasteiger partial charge in [0.15, 0.2) is 0 Å². The Balaban J connectivity index is 0.00000180. The van der Waals surface area contributed by atoms with Gasteiger partial charge in [0.2, 0.25) is 10.0 Å². The molecule has 19 heavy (non-hydrogen) atoms. The maximum atomic E-state index is 11.9. The van der Waals surface area contributed by atoms with E-state index in [0.29, 0.717) is 12.5 Å². The minimum Gasteiger partial charge on any atom is -0.316 e. The van der Waals surface area contributed by atoms with E-state index in [4.69, 9.17) is 0 Å². The van der Waals surface area contributed by atoms with Gasteiger partial charge in [0.25, 0.3) is 0 Å². The van der Waals surface area contributed by atoms with Gasteiger partial charge in [-0.15, -0.1) is 12.4 Å². The summed E-state index contributed by atoms with van der Waals surface area (Å²) in [6, 6.07) is 9.27. The fraction of sp³-hybridized carbons (Fsp3) is 0.538. The quantitative estimate of drug-likeness (QED) is 0.867. The molecular weight excluding hydrogens is 284 g/mol. The summed E-state index contributed by atoms with van der Waals surface area (Å²) in [5, 5.41) is 3.29. The summed E-state index contributed by atoms with van der Waals surface area (Å²) in [5.41, 5.74) is 0.826. The summed E-state index contributed by atoms with van der Waals surface area (Å²) in [6.45, 7) is 2.50. The van der Waals surface area contributed by atoms with E-state index in [1.54, 1.807) is 0 Å². The Kier molecular flexibility index (Phi) is 6.79. The zero-order chi connectivity index (χ0) is 12.8. The molecule has 0 saturated carbocycles. The van der Waals surface area contributed by atoms with Crippen molar-refractivity contribution in [3.8, 4) is 0 Å². The Morgan fingerprint density at radius 1 is 1.26 bits per heavy atom. The van der Waals surface area contributed by atoms with Crippen molar-refractivity contribution < 1.29 is 8.42 Å². The highest BCUT2D eigenvalue weighted by Gasteiger charge is 2.17. The van der Waals surface area contributed by atoms with Crippen LogP contribution in [0.3, 0.4) is 0 Å². The molecule has 0 amide bonds. The van der Waals surface area contributed by atoms with E-state index in [0.717, 1.165) is 31.5 Å². The maximum Gasteiger partial charge on any atom is 0.215 e. The van der Waals surface area contributed by atoms with Crippen molar-refractivity contribution in [1.82, 2.24) is 10.0 Å². The fourth-order valence-corrected chi connectivity index (χ4v) is 3.41. The number of hydrogen-bond acceptors (Lipinski definition) is 3. The molecule has 0 aliphatic carbocycles. The van der Waals surface area contributed by atoms with Gasteiger partial charge in [-0.1, -0.05) is 30.3 Å². The van der Waals surface area contributed by atoms with Crippen LogP contribution in [0.15, 0.2) is 30.3 Å². The zero-order valence-corrected chi connectivity index (χ0v) is 12.5. The summed E-state index contributed by atoms with van der Waals surface area (Å²) in [4.78, 5) is 0. The van der Waals surface area contributed by atoms with E-state index in [1.807, 2.05) is 30.3 Å². The molecule has 0 spiro atoms. The van der Waals surface area contributed by atoms with E-state index in [-0.39, 0.29) is 18.2 Å². The van der Waals surface area contributed by atoms with Gasteiger partial charge in [-0.2, -0.15) is 0 Å². The van der Waals surface area contributed by atoms with Gasteiger partial charge in [-0.3, -0.25) is 0 Å². The predicted octanol–water partition coefficient (Wildman–Crippen LogP) is 1.53. The molecule has 4 nitrogen and oxygen atoms in total. The first kappa shape index (κ1) is 16.4. The van der Waals surface area contributed by atoms with Gasteiger partial charge in [0.05, 0.1) is 5.75 Å². The van der Waals surface area contributed by atoms with E-state index in [2.05, 4.69) is 10.0 Å². The van der Waals surface area contributed by atoms with E-state index >= 15 is 0 Å². The highest BCUT2D eigenvalue weighted by atomic mass is 35.5. The molecule has 108 valence electrons. The van der Waals surface area contributed by atoms with Crippen molar-refractivity contribution in [2.75, 3.05) is 19.6 Å². The van der Waals surface area contributed by atoms with Crippen LogP contribution in [-0.2, 0) is 15.8 Å². The summed E-state index contributed by atoms with van der Waals surface area (Å²) in [6.07, 6.45) is 2.23. The van der Waals surface area contributed by atoms with Crippen molar-refractivity contribution in [1.29, 1.82) is 0 Å². The number of piperidine rings is 1. The molecule has 2 N–H and O–H groups in total. The van der Waals surface area contributed by atoms with Crippen LogP contribution in [0, 0.1) is 5.92 Å². The lowest BCUT2D eigenvalue weighted by Gasteiger charge is -2.22.